The smallest absolute Gasteiger partial charge is 0.232 e. The number of hydrogen-bond donors (Lipinski definition) is 0. The molecule has 0 spiro atoms. The van der Waals surface area contributed by atoms with E-state index in [2.05, 4.69) is 32.0 Å². The molecule has 24 heavy (non-hydrogen) atoms. The van der Waals surface area contributed by atoms with Crippen LogP contribution in [0.25, 0.3) is 0 Å². The quantitative estimate of drug-likeness (QED) is 0.741. The van der Waals surface area contributed by atoms with Crippen LogP contribution in [0.4, 0.5) is 0 Å². The maximum Gasteiger partial charge on any atom is 0.232 e. The van der Waals surface area contributed by atoms with Gasteiger partial charge in [0.05, 0.1) is 5.56 Å². The van der Waals surface area contributed by atoms with Crippen molar-refractivity contribution in [2.24, 2.45) is 0 Å². The van der Waals surface area contributed by atoms with E-state index in [-0.39, 0.29) is 5.78 Å². The van der Waals surface area contributed by atoms with Crippen LogP contribution >= 0.6 is 0 Å². The zero-order valence-electron chi connectivity index (χ0n) is 14.8. The molecule has 1 aliphatic heterocycles. The molecule has 0 N–H and O–H groups in total. The maximum atomic E-state index is 12.4. The lowest BCUT2D eigenvalue weighted by Gasteiger charge is -2.11. The van der Waals surface area contributed by atoms with Gasteiger partial charge >= 0.3 is 0 Å². The van der Waals surface area contributed by atoms with E-state index in [1.165, 1.54) is 11.1 Å². The Balaban J connectivity index is 1.86. The van der Waals surface area contributed by atoms with E-state index in [9.17, 15) is 4.79 Å². The molecule has 0 bridgehead atoms. The summed E-state index contributed by atoms with van der Waals surface area (Å²) in [6, 6.07) is 10.0. The molecule has 2 aromatic rings. The van der Waals surface area contributed by atoms with Crippen molar-refractivity contribution in [3.63, 3.8) is 0 Å². The molecule has 0 radical (unpaired) electrons. The van der Waals surface area contributed by atoms with E-state index in [1.54, 1.807) is 6.07 Å². The van der Waals surface area contributed by atoms with E-state index in [0.717, 1.165) is 22.4 Å². The molecule has 0 aliphatic carbocycles. The Morgan fingerprint density at radius 1 is 1.04 bits per heavy atom. The summed E-state index contributed by atoms with van der Waals surface area (Å²) in [7, 11) is 0. The summed E-state index contributed by atoms with van der Waals surface area (Å²) in [5.74, 6) is 1.70. The van der Waals surface area contributed by atoms with Gasteiger partial charge in [0.15, 0.2) is 5.76 Å². The van der Waals surface area contributed by atoms with Crippen molar-refractivity contribution >= 4 is 5.78 Å². The summed E-state index contributed by atoms with van der Waals surface area (Å²) in [4.78, 5) is 12.4. The molecule has 1 aliphatic rings. The summed E-state index contributed by atoms with van der Waals surface area (Å²) in [5.41, 5.74) is 5.99. The molecule has 0 amide bonds. The number of aryl methyl sites for hydroxylation is 3. The van der Waals surface area contributed by atoms with Crippen LogP contribution in [0, 0.1) is 20.8 Å². The number of carbonyl (C=O) groups is 1. The van der Waals surface area contributed by atoms with E-state index < -0.39 is 0 Å². The molecule has 0 unspecified atom stereocenters. The van der Waals surface area contributed by atoms with Crippen LogP contribution < -0.4 is 9.47 Å². The third-order valence-corrected chi connectivity index (χ3v) is 4.27. The summed E-state index contributed by atoms with van der Waals surface area (Å²) < 4.78 is 11.7. The number of rotatable bonds is 3. The highest BCUT2D eigenvalue weighted by atomic mass is 16.5. The predicted molar refractivity (Wildman–Crippen MR) is 94.8 cm³/mol. The molecule has 0 aromatic heterocycles. The largest absolute Gasteiger partial charge is 0.489 e. The maximum absolute atomic E-state index is 12.4. The van der Waals surface area contributed by atoms with E-state index in [0.29, 0.717) is 23.7 Å². The molecule has 1 heterocycles. The molecule has 3 heteroatoms. The van der Waals surface area contributed by atoms with Crippen LogP contribution in [-0.4, -0.2) is 5.78 Å². The van der Waals surface area contributed by atoms with Gasteiger partial charge in [-0.15, -0.1) is 0 Å². The number of ether oxygens (including phenoxy) is 2. The summed E-state index contributed by atoms with van der Waals surface area (Å²) >= 11 is 0. The van der Waals surface area contributed by atoms with Gasteiger partial charge in [0.25, 0.3) is 0 Å². The molecule has 0 atom stereocenters. The fourth-order valence-corrected chi connectivity index (χ4v) is 2.89. The topological polar surface area (TPSA) is 35.5 Å². The van der Waals surface area contributed by atoms with Crippen LogP contribution in [0.5, 0.6) is 11.5 Å². The molecule has 2 aromatic carbocycles. The first-order valence-corrected chi connectivity index (χ1v) is 8.10. The minimum atomic E-state index is -0.0384. The van der Waals surface area contributed by atoms with Crippen molar-refractivity contribution in [2.75, 3.05) is 0 Å². The van der Waals surface area contributed by atoms with Crippen LogP contribution in [0.15, 0.2) is 41.7 Å². The highest BCUT2D eigenvalue weighted by molar-refractivity contribution is 6.13. The number of benzene rings is 2. The standard InChI is InChI=1S/C21H22O3/c1-12(2)21-20(22)19-15(5)9-17(10-18(19)24-21)23-11-16-8-13(3)6-7-14(16)4/h6-10H,11H2,1-5H3. The fourth-order valence-electron chi connectivity index (χ4n) is 2.89. The first kappa shape index (κ1) is 16.3. The zero-order valence-corrected chi connectivity index (χ0v) is 14.8. The third kappa shape index (κ3) is 2.94. The zero-order chi connectivity index (χ0) is 17.4. The third-order valence-electron chi connectivity index (χ3n) is 4.27. The summed E-state index contributed by atoms with van der Waals surface area (Å²) in [5, 5.41) is 0. The van der Waals surface area contributed by atoms with Crippen LogP contribution in [0.1, 0.15) is 46.5 Å². The van der Waals surface area contributed by atoms with Crippen molar-refractivity contribution < 1.29 is 14.3 Å². The average molecular weight is 322 g/mol. The van der Waals surface area contributed by atoms with Gasteiger partial charge in [0.1, 0.15) is 18.1 Å². The van der Waals surface area contributed by atoms with Crippen LogP contribution in [0.3, 0.4) is 0 Å². The van der Waals surface area contributed by atoms with Crippen LogP contribution in [-0.2, 0) is 6.61 Å². The lowest BCUT2D eigenvalue weighted by Crippen LogP contribution is -2.02. The molecule has 3 nitrogen and oxygen atoms in total. The predicted octanol–water partition coefficient (Wildman–Crippen LogP) is 5.06. The number of allylic oxidation sites excluding steroid dienone is 2. The Hall–Kier alpha value is -2.55. The van der Waals surface area contributed by atoms with E-state index in [4.69, 9.17) is 9.47 Å². The van der Waals surface area contributed by atoms with Gasteiger partial charge in [-0.25, -0.2) is 0 Å². The average Bonchev–Trinajstić information content (AvgIpc) is 2.86. The Kier molecular flexibility index (Phi) is 4.18. The molecule has 124 valence electrons. The van der Waals surface area contributed by atoms with Crippen molar-refractivity contribution in [3.05, 3.63) is 69.5 Å². The molecular weight excluding hydrogens is 300 g/mol. The van der Waals surface area contributed by atoms with Gasteiger partial charge in [0.2, 0.25) is 5.78 Å². The van der Waals surface area contributed by atoms with Crippen LogP contribution in [0.2, 0.25) is 0 Å². The van der Waals surface area contributed by atoms with Crippen molar-refractivity contribution in [1.82, 2.24) is 0 Å². The van der Waals surface area contributed by atoms with Gasteiger partial charge in [0, 0.05) is 6.07 Å². The first-order chi connectivity index (χ1) is 11.4. The second-order valence-corrected chi connectivity index (χ2v) is 6.59. The number of Topliss-reactive ketones (excluding diaryl/α,β-unsaturated/α-hetero) is 1. The second-order valence-electron chi connectivity index (χ2n) is 6.59. The number of hydrogen-bond acceptors (Lipinski definition) is 3. The van der Waals surface area contributed by atoms with E-state index >= 15 is 0 Å². The SMILES string of the molecule is CC(C)=C1Oc2cc(OCc3cc(C)ccc3C)cc(C)c2C1=O. The fraction of sp³-hybridized carbons (Fsp3) is 0.286. The molecule has 0 saturated carbocycles. The monoisotopic (exact) mass is 322 g/mol. The molecule has 0 fully saturated rings. The van der Waals surface area contributed by atoms with Crippen molar-refractivity contribution in [2.45, 2.75) is 41.2 Å². The minimum absolute atomic E-state index is 0.0384. The first-order valence-electron chi connectivity index (χ1n) is 8.10. The Morgan fingerprint density at radius 3 is 2.50 bits per heavy atom. The Bertz CT molecular complexity index is 856. The Morgan fingerprint density at radius 2 is 1.79 bits per heavy atom. The number of ketones is 1. The molecular formula is C21H22O3. The van der Waals surface area contributed by atoms with Gasteiger partial charge in [-0.2, -0.15) is 0 Å². The number of carbonyl (C=O) groups excluding carboxylic acids is 1. The second kappa shape index (κ2) is 6.16. The summed E-state index contributed by atoms with van der Waals surface area (Å²) in [6.07, 6.45) is 0. The van der Waals surface area contributed by atoms with Gasteiger partial charge in [-0.3, -0.25) is 4.79 Å². The highest BCUT2D eigenvalue weighted by Gasteiger charge is 2.30. The van der Waals surface area contributed by atoms with Gasteiger partial charge in [-0.05, 0) is 62.9 Å². The van der Waals surface area contributed by atoms with Crippen molar-refractivity contribution in [3.8, 4) is 11.5 Å². The lowest BCUT2D eigenvalue weighted by molar-refractivity contribution is 0.101. The summed E-state index contributed by atoms with van der Waals surface area (Å²) in [6.45, 7) is 10.3. The highest BCUT2D eigenvalue weighted by Crippen LogP contribution is 2.38. The van der Waals surface area contributed by atoms with Crippen molar-refractivity contribution in [1.29, 1.82) is 0 Å². The molecule has 3 rings (SSSR count). The lowest BCUT2D eigenvalue weighted by atomic mass is 10.0. The minimum Gasteiger partial charge on any atom is -0.489 e. The van der Waals surface area contributed by atoms with E-state index in [1.807, 2.05) is 26.8 Å². The molecule has 0 saturated heterocycles. The normalized spacial score (nSPS) is 12.9. The Labute approximate surface area is 142 Å². The van der Waals surface area contributed by atoms with Gasteiger partial charge in [-0.1, -0.05) is 23.8 Å². The van der Waals surface area contributed by atoms with Gasteiger partial charge < -0.3 is 9.47 Å². The number of fused-ring (bicyclic) bond motifs is 1.